The minimum absolute atomic E-state index is 0.218. The Balaban J connectivity index is 2.16. The summed E-state index contributed by atoms with van der Waals surface area (Å²) in [5, 5.41) is 10.3. The molecule has 0 radical (unpaired) electrons. The second-order valence-electron chi connectivity index (χ2n) is 3.81. The molecule has 0 aliphatic heterocycles. The third kappa shape index (κ3) is 2.43. The quantitative estimate of drug-likeness (QED) is 0.431. The van der Waals surface area contributed by atoms with Crippen LogP contribution in [-0.4, -0.2) is 22.6 Å². The molecule has 0 aliphatic carbocycles. The number of nitrogen functional groups attached to an aromatic ring is 1. The number of aromatic nitrogens is 2. The van der Waals surface area contributed by atoms with Crippen LogP contribution >= 0.6 is 0 Å². The van der Waals surface area contributed by atoms with E-state index in [1.54, 1.807) is 25.1 Å². The summed E-state index contributed by atoms with van der Waals surface area (Å²) >= 11 is 0. The molecule has 0 saturated carbocycles. The third-order valence-corrected chi connectivity index (χ3v) is 2.51. The molecule has 0 unspecified atom stereocenters. The number of rotatable bonds is 3. The number of anilines is 1. The van der Waals surface area contributed by atoms with Gasteiger partial charge in [-0.3, -0.25) is 9.89 Å². The van der Waals surface area contributed by atoms with Crippen LogP contribution in [-0.2, 0) is 0 Å². The summed E-state index contributed by atoms with van der Waals surface area (Å²) in [6, 6.07) is 5.30. The standard InChI is InChI=1S/C13H14N4O/c1-2-3-4-7-15-13(18)12-10-8-9(14)5-6-11(10)16-17-12/h5-6,8H,4,7,14H2,1H3,(H,15,18)(H,16,17). The fourth-order valence-corrected chi connectivity index (χ4v) is 1.65. The molecule has 0 spiro atoms. The molecule has 1 aromatic carbocycles. The van der Waals surface area contributed by atoms with E-state index in [9.17, 15) is 4.79 Å². The molecule has 4 N–H and O–H groups in total. The average molecular weight is 242 g/mol. The van der Waals surface area contributed by atoms with E-state index in [4.69, 9.17) is 5.73 Å². The van der Waals surface area contributed by atoms with Gasteiger partial charge in [-0.25, -0.2) is 0 Å². The first-order valence-corrected chi connectivity index (χ1v) is 5.64. The number of hydrogen-bond acceptors (Lipinski definition) is 3. The summed E-state index contributed by atoms with van der Waals surface area (Å²) in [4.78, 5) is 11.9. The molecule has 2 aromatic rings. The van der Waals surface area contributed by atoms with E-state index in [0.29, 0.717) is 24.3 Å². The van der Waals surface area contributed by atoms with E-state index in [-0.39, 0.29) is 5.91 Å². The number of nitrogens with one attached hydrogen (secondary N) is 2. The SMILES string of the molecule is CC#CCCNC(=O)c1n[nH]c2ccc(N)cc12. The molecule has 18 heavy (non-hydrogen) atoms. The fraction of sp³-hybridized carbons (Fsp3) is 0.231. The number of carbonyl (C=O) groups is 1. The molecule has 0 aliphatic rings. The first-order chi connectivity index (χ1) is 8.72. The highest BCUT2D eigenvalue weighted by atomic mass is 16.1. The maximum Gasteiger partial charge on any atom is 0.272 e. The Morgan fingerprint density at radius 3 is 3.17 bits per heavy atom. The number of aromatic amines is 1. The van der Waals surface area contributed by atoms with Crippen molar-refractivity contribution in [1.82, 2.24) is 15.5 Å². The summed E-state index contributed by atoms with van der Waals surface area (Å²) in [7, 11) is 0. The normalized spacial score (nSPS) is 9.83. The second-order valence-corrected chi connectivity index (χ2v) is 3.81. The van der Waals surface area contributed by atoms with Gasteiger partial charge in [0.05, 0.1) is 5.52 Å². The van der Waals surface area contributed by atoms with Gasteiger partial charge in [-0.05, 0) is 25.1 Å². The number of carbonyl (C=O) groups excluding carboxylic acids is 1. The molecule has 1 heterocycles. The predicted octanol–water partition coefficient (Wildman–Crippen LogP) is 1.29. The summed E-state index contributed by atoms with van der Waals surface area (Å²) in [5.41, 5.74) is 7.46. The van der Waals surface area contributed by atoms with E-state index in [2.05, 4.69) is 27.4 Å². The zero-order chi connectivity index (χ0) is 13.0. The van der Waals surface area contributed by atoms with Gasteiger partial charge in [-0.2, -0.15) is 5.10 Å². The summed E-state index contributed by atoms with van der Waals surface area (Å²) in [6.07, 6.45) is 0.632. The van der Waals surface area contributed by atoms with Gasteiger partial charge >= 0.3 is 0 Å². The van der Waals surface area contributed by atoms with Crippen LogP contribution in [0.15, 0.2) is 18.2 Å². The summed E-state index contributed by atoms with van der Waals surface area (Å²) in [6.45, 7) is 2.28. The van der Waals surface area contributed by atoms with Crippen molar-refractivity contribution in [2.24, 2.45) is 0 Å². The smallest absolute Gasteiger partial charge is 0.272 e. The molecular formula is C13H14N4O. The lowest BCUT2D eigenvalue weighted by Crippen LogP contribution is -2.24. The first kappa shape index (κ1) is 12.0. The minimum Gasteiger partial charge on any atom is -0.399 e. The molecule has 0 saturated heterocycles. The first-order valence-electron chi connectivity index (χ1n) is 5.64. The van der Waals surface area contributed by atoms with E-state index in [1.807, 2.05) is 0 Å². The van der Waals surface area contributed by atoms with Gasteiger partial charge in [-0.1, -0.05) is 0 Å². The van der Waals surface area contributed by atoms with Crippen molar-refractivity contribution >= 4 is 22.5 Å². The van der Waals surface area contributed by atoms with Gasteiger partial charge in [0.25, 0.3) is 5.91 Å². The Hall–Kier alpha value is -2.48. The van der Waals surface area contributed by atoms with Crippen molar-refractivity contribution in [2.75, 3.05) is 12.3 Å². The van der Waals surface area contributed by atoms with Gasteiger partial charge in [-0.15, -0.1) is 11.8 Å². The van der Waals surface area contributed by atoms with E-state index in [0.717, 1.165) is 10.9 Å². The number of nitrogens with zero attached hydrogens (tertiary/aromatic N) is 1. The maximum atomic E-state index is 11.9. The molecule has 5 heteroatoms. The maximum absolute atomic E-state index is 11.9. The van der Waals surface area contributed by atoms with Crippen LogP contribution in [0.1, 0.15) is 23.8 Å². The van der Waals surface area contributed by atoms with Crippen molar-refractivity contribution in [3.05, 3.63) is 23.9 Å². The van der Waals surface area contributed by atoms with Gasteiger partial charge in [0, 0.05) is 24.0 Å². The van der Waals surface area contributed by atoms with Crippen LogP contribution in [0, 0.1) is 11.8 Å². The molecule has 1 amide bonds. The molecular weight excluding hydrogens is 228 g/mol. The minimum atomic E-state index is -0.218. The lowest BCUT2D eigenvalue weighted by molar-refractivity contribution is 0.0951. The van der Waals surface area contributed by atoms with Crippen molar-refractivity contribution in [2.45, 2.75) is 13.3 Å². The molecule has 92 valence electrons. The summed E-state index contributed by atoms with van der Waals surface area (Å²) in [5.74, 6) is 5.44. The lowest BCUT2D eigenvalue weighted by atomic mass is 10.2. The van der Waals surface area contributed by atoms with Crippen LogP contribution < -0.4 is 11.1 Å². The zero-order valence-electron chi connectivity index (χ0n) is 10.1. The second kappa shape index (κ2) is 5.23. The third-order valence-electron chi connectivity index (χ3n) is 2.51. The highest BCUT2D eigenvalue weighted by Crippen LogP contribution is 2.18. The number of benzene rings is 1. The number of hydrogen-bond donors (Lipinski definition) is 3. The lowest BCUT2D eigenvalue weighted by Gasteiger charge is -2.00. The van der Waals surface area contributed by atoms with Gasteiger partial charge < -0.3 is 11.1 Å². The van der Waals surface area contributed by atoms with Crippen molar-refractivity contribution in [3.8, 4) is 11.8 Å². The van der Waals surface area contributed by atoms with E-state index in [1.165, 1.54) is 0 Å². The summed E-state index contributed by atoms with van der Waals surface area (Å²) < 4.78 is 0. The highest BCUT2D eigenvalue weighted by Gasteiger charge is 2.13. The van der Waals surface area contributed by atoms with Crippen LogP contribution in [0.25, 0.3) is 10.9 Å². The van der Waals surface area contributed by atoms with Crippen molar-refractivity contribution < 1.29 is 4.79 Å². The van der Waals surface area contributed by atoms with E-state index >= 15 is 0 Å². The molecule has 5 nitrogen and oxygen atoms in total. The Bertz CT molecular complexity index is 633. The molecule has 2 rings (SSSR count). The highest BCUT2D eigenvalue weighted by molar-refractivity contribution is 6.05. The number of nitrogens with two attached hydrogens (primary N) is 1. The Labute approximate surface area is 105 Å². The topological polar surface area (TPSA) is 83.8 Å². The van der Waals surface area contributed by atoms with Gasteiger partial charge in [0.15, 0.2) is 5.69 Å². The Kier molecular flexibility index (Phi) is 3.49. The van der Waals surface area contributed by atoms with Crippen LogP contribution in [0.3, 0.4) is 0 Å². The predicted molar refractivity (Wildman–Crippen MR) is 70.9 cm³/mol. The van der Waals surface area contributed by atoms with Crippen LogP contribution in [0.4, 0.5) is 5.69 Å². The average Bonchev–Trinajstić information content (AvgIpc) is 2.77. The number of amides is 1. The molecule has 1 aromatic heterocycles. The molecule has 0 atom stereocenters. The molecule has 0 bridgehead atoms. The van der Waals surface area contributed by atoms with Gasteiger partial charge in [0.1, 0.15) is 0 Å². The fourth-order valence-electron chi connectivity index (χ4n) is 1.65. The number of H-pyrrole nitrogens is 1. The van der Waals surface area contributed by atoms with Gasteiger partial charge in [0.2, 0.25) is 0 Å². The monoisotopic (exact) mass is 242 g/mol. The van der Waals surface area contributed by atoms with Crippen LogP contribution in [0.2, 0.25) is 0 Å². The Morgan fingerprint density at radius 1 is 1.56 bits per heavy atom. The van der Waals surface area contributed by atoms with Crippen molar-refractivity contribution in [1.29, 1.82) is 0 Å². The van der Waals surface area contributed by atoms with E-state index < -0.39 is 0 Å². The largest absolute Gasteiger partial charge is 0.399 e. The Morgan fingerprint density at radius 2 is 2.39 bits per heavy atom. The number of fused-ring (bicyclic) bond motifs is 1. The van der Waals surface area contributed by atoms with Crippen molar-refractivity contribution in [3.63, 3.8) is 0 Å². The zero-order valence-corrected chi connectivity index (χ0v) is 10.1. The molecule has 0 fully saturated rings. The van der Waals surface area contributed by atoms with Crippen LogP contribution in [0.5, 0.6) is 0 Å².